The van der Waals surface area contributed by atoms with Crippen molar-refractivity contribution in [3.63, 3.8) is 0 Å². The lowest BCUT2D eigenvalue weighted by Gasteiger charge is -2.22. The van der Waals surface area contributed by atoms with E-state index in [1.54, 1.807) is 0 Å². The lowest BCUT2D eigenvalue weighted by Crippen LogP contribution is -2.34. The minimum Gasteiger partial charge on any atom is -0.482 e. The van der Waals surface area contributed by atoms with Crippen molar-refractivity contribution in [3.05, 3.63) is 23.8 Å². The third kappa shape index (κ3) is 3.71. The standard InChI is InChI=1S/C15H22N2O3/c1-10(2)12(5-6-18)16-8-11-3-4-14-13(7-11)17-15(19)9-20-14/h3-4,7,10,12,16,18H,5-6,8-9H2,1-2H3,(H,17,19). The third-order valence-corrected chi connectivity index (χ3v) is 3.49. The minimum atomic E-state index is -0.122. The molecule has 1 unspecified atom stereocenters. The highest BCUT2D eigenvalue weighted by Gasteiger charge is 2.16. The van der Waals surface area contributed by atoms with E-state index in [-0.39, 0.29) is 25.2 Å². The monoisotopic (exact) mass is 278 g/mol. The summed E-state index contributed by atoms with van der Waals surface area (Å²) >= 11 is 0. The molecule has 1 aromatic rings. The topological polar surface area (TPSA) is 70.6 Å². The van der Waals surface area contributed by atoms with Gasteiger partial charge in [0.15, 0.2) is 6.61 Å². The van der Waals surface area contributed by atoms with Crippen molar-refractivity contribution < 1.29 is 14.6 Å². The zero-order valence-electron chi connectivity index (χ0n) is 12.0. The Morgan fingerprint density at radius 2 is 2.25 bits per heavy atom. The lowest BCUT2D eigenvalue weighted by atomic mass is 10.0. The summed E-state index contributed by atoms with van der Waals surface area (Å²) in [6.45, 7) is 5.23. The van der Waals surface area contributed by atoms with Crippen LogP contribution in [0.3, 0.4) is 0 Å². The summed E-state index contributed by atoms with van der Waals surface area (Å²) in [5.41, 5.74) is 1.81. The van der Waals surface area contributed by atoms with Gasteiger partial charge in [0, 0.05) is 19.2 Å². The molecule has 1 aliphatic heterocycles. The summed E-state index contributed by atoms with van der Waals surface area (Å²) in [6.07, 6.45) is 0.739. The van der Waals surface area contributed by atoms with E-state index in [0.29, 0.717) is 18.2 Å². The number of benzene rings is 1. The van der Waals surface area contributed by atoms with Gasteiger partial charge in [-0.15, -0.1) is 0 Å². The zero-order valence-corrected chi connectivity index (χ0v) is 12.0. The number of amides is 1. The van der Waals surface area contributed by atoms with Crippen LogP contribution in [0.4, 0.5) is 5.69 Å². The Balaban J connectivity index is 1.99. The molecule has 1 aromatic carbocycles. The van der Waals surface area contributed by atoms with Gasteiger partial charge in [-0.05, 0) is 30.0 Å². The molecule has 5 heteroatoms. The number of carbonyl (C=O) groups is 1. The Labute approximate surface area is 119 Å². The van der Waals surface area contributed by atoms with Crippen molar-refractivity contribution in [2.24, 2.45) is 5.92 Å². The van der Waals surface area contributed by atoms with Gasteiger partial charge in [0.25, 0.3) is 5.91 Å². The van der Waals surface area contributed by atoms with Crippen LogP contribution in [0, 0.1) is 5.92 Å². The van der Waals surface area contributed by atoms with E-state index in [1.807, 2.05) is 18.2 Å². The number of carbonyl (C=O) groups excluding carboxylic acids is 1. The van der Waals surface area contributed by atoms with E-state index in [0.717, 1.165) is 17.7 Å². The van der Waals surface area contributed by atoms with Crippen LogP contribution in [0.1, 0.15) is 25.8 Å². The maximum absolute atomic E-state index is 11.3. The van der Waals surface area contributed by atoms with Crippen molar-refractivity contribution in [2.45, 2.75) is 32.9 Å². The SMILES string of the molecule is CC(C)C(CCO)NCc1ccc2c(c1)NC(=O)CO2. The number of hydrogen-bond acceptors (Lipinski definition) is 4. The van der Waals surface area contributed by atoms with Crippen LogP contribution in [0.5, 0.6) is 5.75 Å². The van der Waals surface area contributed by atoms with E-state index in [4.69, 9.17) is 9.84 Å². The first-order valence-corrected chi connectivity index (χ1v) is 7.00. The maximum atomic E-state index is 11.3. The van der Waals surface area contributed by atoms with Crippen molar-refractivity contribution in [1.82, 2.24) is 5.32 Å². The number of hydrogen-bond donors (Lipinski definition) is 3. The molecular weight excluding hydrogens is 256 g/mol. The maximum Gasteiger partial charge on any atom is 0.262 e. The number of aliphatic hydroxyl groups excluding tert-OH is 1. The molecule has 5 nitrogen and oxygen atoms in total. The van der Waals surface area contributed by atoms with Gasteiger partial charge in [-0.25, -0.2) is 0 Å². The second-order valence-electron chi connectivity index (χ2n) is 5.41. The van der Waals surface area contributed by atoms with E-state index >= 15 is 0 Å². The van der Waals surface area contributed by atoms with Gasteiger partial charge in [0.05, 0.1) is 5.69 Å². The molecule has 0 spiro atoms. The van der Waals surface area contributed by atoms with Crippen LogP contribution in [0.25, 0.3) is 0 Å². The van der Waals surface area contributed by atoms with E-state index < -0.39 is 0 Å². The van der Waals surface area contributed by atoms with Crippen molar-refractivity contribution >= 4 is 11.6 Å². The fourth-order valence-electron chi connectivity index (χ4n) is 2.30. The van der Waals surface area contributed by atoms with Gasteiger partial charge in [-0.3, -0.25) is 4.79 Å². The Bertz CT molecular complexity index is 474. The van der Waals surface area contributed by atoms with Crippen molar-refractivity contribution in [2.75, 3.05) is 18.5 Å². The molecule has 0 radical (unpaired) electrons. The highest BCUT2D eigenvalue weighted by molar-refractivity contribution is 5.95. The molecule has 2 rings (SSSR count). The van der Waals surface area contributed by atoms with Crippen LogP contribution < -0.4 is 15.4 Å². The molecule has 0 bridgehead atoms. The molecule has 0 aromatic heterocycles. The summed E-state index contributed by atoms with van der Waals surface area (Å²) < 4.78 is 5.33. The quantitative estimate of drug-likeness (QED) is 0.738. The summed E-state index contributed by atoms with van der Waals surface area (Å²) in [5, 5.41) is 15.3. The molecule has 0 saturated carbocycles. The minimum absolute atomic E-state index is 0.0799. The van der Waals surface area contributed by atoms with Crippen molar-refractivity contribution in [3.8, 4) is 5.75 Å². The summed E-state index contributed by atoms with van der Waals surface area (Å²) in [7, 11) is 0. The van der Waals surface area contributed by atoms with Crippen molar-refractivity contribution in [1.29, 1.82) is 0 Å². The molecule has 1 amide bonds. The smallest absolute Gasteiger partial charge is 0.262 e. The number of nitrogens with one attached hydrogen (secondary N) is 2. The zero-order chi connectivity index (χ0) is 14.5. The van der Waals surface area contributed by atoms with E-state index in [2.05, 4.69) is 24.5 Å². The number of fused-ring (bicyclic) bond motifs is 1. The Morgan fingerprint density at radius 1 is 1.45 bits per heavy atom. The second kappa shape index (κ2) is 6.72. The number of aliphatic hydroxyl groups is 1. The first-order valence-electron chi connectivity index (χ1n) is 7.00. The average Bonchev–Trinajstić information content (AvgIpc) is 2.42. The molecule has 1 atom stereocenters. The predicted octanol–water partition coefficient (Wildman–Crippen LogP) is 1.51. The van der Waals surface area contributed by atoms with Gasteiger partial charge in [-0.2, -0.15) is 0 Å². The normalized spacial score (nSPS) is 15.5. The predicted molar refractivity (Wildman–Crippen MR) is 77.7 cm³/mol. The molecule has 0 aliphatic carbocycles. The van der Waals surface area contributed by atoms with Gasteiger partial charge >= 0.3 is 0 Å². The summed E-state index contributed by atoms with van der Waals surface area (Å²) in [5.74, 6) is 1.05. The van der Waals surface area contributed by atoms with Gasteiger partial charge in [0.1, 0.15) is 5.75 Å². The third-order valence-electron chi connectivity index (χ3n) is 3.49. The van der Waals surface area contributed by atoms with Crippen LogP contribution in [-0.4, -0.2) is 30.3 Å². The van der Waals surface area contributed by atoms with Gasteiger partial charge in [0.2, 0.25) is 0 Å². The first-order chi connectivity index (χ1) is 9.60. The molecule has 0 fully saturated rings. The average molecular weight is 278 g/mol. The molecule has 0 saturated heterocycles. The van der Waals surface area contributed by atoms with Crippen LogP contribution in [0.2, 0.25) is 0 Å². The largest absolute Gasteiger partial charge is 0.482 e. The van der Waals surface area contributed by atoms with Crippen LogP contribution in [0.15, 0.2) is 18.2 Å². The highest BCUT2D eigenvalue weighted by Crippen LogP contribution is 2.28. The lowest BCUT2D eigenvalue weighted by molar-refractivity contribution is -0.118. The number of rotatable bonds is 6. The fraction of sp³-hybridized carbons (Fsp3) is 0.533. The summed E-state index contributed by atoms with van der Waals surface area (Å²) in [6, 6.07) is 6.07. The summed E-state index contributed by atoms with van der Waals surface area (Å²) in [4.78, 5) is 11.3. The molecule has 1 aliphatic rings. The highest BCUT2D eigenvalue weighted by atomic mass is 16.5. The van der Waals surface area contributed by atoms with Crippen LogP contribution >= 0.6 is 0 Å². The Morgan fingerprint density at radius 3 is 2.95 bits per heavy atom. The second-order valence-corrected chi connectivity index (χ2v) is 5.41. The van der Waals surface area contributed by atoms with E-state index in [9.17, 15) is 4.79 Å². The molecule has 3 N–H and O–H groups in total. The van der Waals surface area contributed by atoms with E-state index in [1.165, 1.54) is 0 Å². The Kier molecular flexibility index (Phi) is 4.98. The Hall–Kier alpha value is -1.59. The molecular formula is C15H22N2O3. The molecule has 110 valence electrons. The number of ether oxygens (including phenoxy) is 1. The molecule has 20 heavy (non-hydrogen) atoms. The number of anilines is 1. The fourth-order valence-corrected chi connectivity index (χ4v) is 2.30. The van der Waals surface area contributed by atoms with Crippen LogP contribution in [-0.2, 0) is 11.3 Å². The molecule has 1 heterocycles. The van der Waals surface area contributed by atoms with Gasteiger partial charge in [-0.1, -0.05) is 19.9 Å². The first kappa shape index (κ1) is 14.8. The van der Waals surface area contributed by atoms with Gasteiger partial charge < -0.3 is 20.5 Å².